The molecular weight excluding hydrogens is 194 g/mol. The first-order chi connectivity index (χ1) is 7.29. The number of nitrogens with zero attached hydrogens (tertiary/aromatic N) is 4. The van der Waals surface area contributed by atoms with Crippen LogP contribution < -0.4 is 5.73 Å². The number of aryl methyl sites for hydroxylation is 3. The first-order valence-electron chi connectivity index (χ1n) is 4.78. The Balaban J connectivity index is 1.96. The summed E-state index contributed by atoms with van der Waals surface area (Å²) in [6, 6.07) is 0. The normalized spacial score (nSPS) is 10.8. The van der Waals surface area contributed by atoms with Crippen molar-refractivity contribution in [1.29, 1.82) is 0 Å². The topological polar surface area (TPSA) is 82.8 Å². The molecule has 0 amide bonds. The molecule has 2 heterocycles. The van der Waals surface area contributed by atoms with Gasteiger partial charge in [-0.1, -0.05) is 5.16 Å². The van der Waals surface area contributed by atoms with Crippen molar-refractivity contribution in [2.45, 2.75) is 26.4 Å². The maximum absolute atomic E-state index is 5.37. The molecule has 80 valence electrons. The van der Waals surface area contributed by atoms with Crippen molar-refractivity contribution >= 4 is 0 Å². The second-order valence-electron chi connectivity index (χ2n) is 3.29. The van der Waals surface area contributed by atoms with E-state index in [9.17, 15) is 0 Å². The van der Waals surface area contributed by atoms with Gasteiger partial charge in [-0.25, -0.2) is 4.98 Å². The molecule has 0 bridgehead atoms. The van der Waals surface area contributed by atoms with Crippen LogP contribution in [0.1, 0.15) is 17.4 Å². The molecule has 0 aliphatic rings. The first-order valence-corrected chi connectivity index (χ1v) is 4.78. The number of aromatic nitrogens is 4. The molecule has 2 rings (SSSR count). The van der Waals surface area contributed by atoms with Gasteiger partial charge in [-0.2, -0.15) is 4.98 Å². The second-order valence-corrected chi connectivity index (χ2v) is 3.29. The molecule has 0 aromatic carbocycles. The summed E-state index contributed by atoms with van der Waals surface area (Å²) in [5.41, 5.74) is 6.49. The minimum absolute atomic E-state index is 0.289. The van der Waals surface area contributed by atoms with Gasteiger partial charge in [0.25, 0.3) is 0 Å². The Hall–Kier alpha value is -1.69. The van der Waals surface area contributed by atoms with Crippen molar-refractivity contribution in [3.8, 4) is 0 Å². The van der Waals surface area contributed by atoms with Gasteiger partial charge >= 0.3 is 0 Å². The maximum Gasteiger partial charge on any atom is 0.240 e. The molecule has 0 radical (unpaired) electrons. The molecular formula is C9H13N5O. The van der Waals surface area contributed by atoms with Crippen LogP contribution in [0.3, 0.4) is 0 Å². The predicted molar refractivity (Wildman–Crippen MR) is 52.9 cm³/mol. The molecule has 0 fully saturated rings. The zero-order valence-electron chi connectivity index (χ0n) is 8.55. The van der Waals surface area contributed by atoms with Gasteiger partial charge in [-0.3, -0.25) is 0 Å². The summed E-state index contributed by atoms with van der Waals surface area (Å²) >= 11 is 0. The van der Waals surface area contributed by atoms with Gasteiger partial charge in [-0.15, -0.1) is 0 Å². The lowest BCUT2D eigenvalue weighted by Gasteiger charge is -2.00. The van der Waals surface area contributed by atoms with Gasteiger partial charge < -0.3 is 14.8 Å². The first kappa shape index (κ1) is 9.85. The molecule has 2 aromatic heterocycles. The van der Waals surface area contributed by atoms with Crippen molar-refractivity contribution in [1.82, 2.24) is 19.7 Å². The zero-order valence-corrected chi connectivity index (χ0v) is 8.55. The van der Waals surface area contributed by atoms with Crippen LogP contribution in [-0.4, -0.2) is 19.7 Å². The standard InChI is InChI=1S/C9H13N5O/c1-7-5-11-6-14(7)3-2-8-12-9(4-10)15-13-8/h5-6H,2-4,10H2,1H3. The summed E-state index contributed by atoms with van der Waals surface area (Å²) in [5, 5.41) is 3.82. The van der Waals surface area contributed by atoms with Crippen molar-refractivity contribution < 1.29 is 4.52 Å². The van der Waals surface area contributed by atoms with Crippen LogP contribution in [0.5, 0.6) is 0 Å². The third kappa shape index (κ3) is 2.21. The fourth-order valence-corrected chi connectivity index (χ4v) is 1.32. The molecule has 6 nitrogen and oxygen atoms in total. The molecule has 0 saturated heterocycles. The number of rotatable bonds is 4. The van der Waals surface area contributed by atoms with Crippen molar-refractivity contribution in [2.75, 3.05) is 0 Å². The summed E-state index contributed by atoms with van der Waals surface area (Å²) in [6.07, 6.45) is 4.33. The highest BCUT2D eigenvalue weighted by atomic mass is 16.5. The largest absolute Gasteiger partial charge is 0.338 e. The summed E-state index contributed by atoms with van der Waals surface area (Å²) in [6.45, 7) is 3.10. The number of nitrogens with two attached hydrogens (primary N) is 1. The lowest BCUT2D eigenvalue weighted by atomic mass is 10.4. The minimum Gasteiger partial charge on any atom is -0.338 e. The Morgan fingerprint density at radius 1 is 1.53 bits per heavy atom. The summed E-state index contributed by atoms with van der Waals surface area (Å²) in [7, 11) is 0. The maximum atomic E-state index is 5.37. The molecule has 0 spiro atoms. The Bertz CT molecular complexity index is 433. The van der Waals surface area contributed by atoms with E-state index in [1.807, 2.05) is 17.7 Å². The third-order valence-electron chi connectivity index (χ3n) is 2.18. The van der Waals surface area contributed by atoms with E-state index < -0.39 is 0 Å². The van der Waals surface area contributed by atoms with Gasteiger partial charge in [0, 0.05) is 24.9 Å². The molecule has 0 saturated carbocycles. The lowest BCUT2D eigenvalue weighted by molar-refractivity contribution is 0.373. The summed E-state index contributed by atoms with van der Waals surface area (Å²) in [5.74, 6) is 1.16. The average Bonchev–Trinajstić information content (AvgIpc) is 2.84. The molecule has 0 aliphatic carbocycles. The molecule has 0 unspecified atom stereocenters. The molecule has 2 N–H and O–H groups in total. The van der Waals surface area contributed by atoms with Crippen LogP contribution in [0.15, 0.2) is 17.0 Å². The highest BCUT2D eigenvalue weighted by Gasteiger charge is 2.05. The average molecular weight is 207 g/mol. The van der Waals surface area contributed by atoms with E-state index in [1.165, 1.54) is 0 Å². The van der Waals surface area contributed by atoms with E-state index in [-0.39, 0.29) is 6.54 Å². The predicted octanol–water partition coefficient (Wildman–Crippen LogP) is 0.276. The monoisotopic (exact) mass is 207 g/mol. The molecule has 6 heteroatoms. The Morgan fingerprint density at radius 2 is 2.40 bits per heavy atom. The molecule has 15 heavy (non-hydrogen) atoms. The highest BCUT2D eigenvalue weighted by Crippen LogP contribution is 2.01. The highest BCUT2D eigenvalue weighted by molar-refractivity contribution is 4.95. The number of hydrogen-bond donors (Lipinski definition) is 1. The van der Waals surface area contributed by atoms with Gasteiger partial charge in [-0.05, 0) is 6.92 Å². The van der Waals surface area contributed by atoms with E-state index in [0.717, 1.165) is 18.7 Å². The van der Waals surface area contributed by atoms with Gasteiger partial charge in [0.15, 0.2) is 5.82 Å². The fourth-order valence-electron chi connectivity index (χ4n) is 1.32. The fraction of sp³-hybridized carbons (Fsp3) is 0.444. The van der Waals surface area contributed by atoms with Gasteiger partial charge in [0.1, 0.15) is 0 Å². The van der Waals surface area contributed by atoms with E-state index in [4.69, 9.17) is 10.3 Å². The van der Waals surface area contributed by atoms with Crippen molar-refractivity contribution in [2.24, 2.45) is 5.73 Å². The smallest absolute Gasteiger partial charge is 0.240 e. The Morgan fingerprint density at radius 3 is 3.00 bits per heavy atom. The van der Waals surface area contributed by atoms with E-state index in [2.05, 4.69) is 15.1 Å². The van der Waals surface area contributed by atoms with Gasteiger partial charge in [0.2, 0.25) is 5.89 Å². The van der Waals surface area contributed by atoms with Crippen molar-refractivity contribution in [3.63, 3.8) is 0 Å². The quantitative estimate of drug-likeness (QED) is 0.778. The number of hydrogen-bond acceptors (Lipinski definition) is 5. The third-order valence-corrected chi connectivity index (χ3v) is 2.18. The van der Waals surface area contributed by atoms with Crippen LogP contribution >= 0.6 is 0 Å². The van der Waals surface area contributed by atoms with Crippen molar-refractivity contribution in [3.05, 3.63) is 29.9 Å². The molecule has 2 aromatic rings. The zero-order chi connectivity index (χ0) is 10.7. The van der Waals surface area contributed by atoms with E-state index >= 15 is 0 Å². The van der Waals surface area contributed by atoms with Crippen LogP contribution in [0.25, 0.3) is 0 Å². The molecule has 0 atom stereocenters. The van der Waals surface area contributed by atoms with E-state index in [1.54, 1.807) is 6.33 Å². The Labute approximate surface area is 87.1 Å². The Kier molecular flexibility index (Phi) is 2.77. The molecule has 0 aliphatic heterocycles. The van der Waals surface area contributed by atoms with Crippen LogP contribution in [0.2, 0.25) is 0 Å². The second kappa shape index (κ2) is 4.22. The summed E-state index contributed by atoms with van der Waals surface area (Å²) < 4.78 is 6.94. The number of imidazole rings is 1. The van der Waals surface area contributed by atoms with Crippen LogP contribution in [-0.2, 0) is 19.5 Å². The lowest BCUT2D eigenvalue weighted by Crippen LogP contribution is -2.03. The summed E-state index contributed by atoms with van der Waals surface area (Å²) in [4.78, 5) is 8.16. The minimum atomic E-state index is 0.289. The van der Waals surface area contributed by atoms with Gasteiger partial charge in [0.05, 0.1) is 12.9 Å². The van der Waals surface area contributed by atoms with E-state index in [0.29, 0.717) is 11.7 Å². The van der Waals surface area contributed by atoms with Crippen LogP contribution in [0, 0.1) is 6.92 Å². The SMILES string of the molecule is Cc1cncn1CCc1noc(CN)n1. The van der Waals surface area contributed by atoms with Crippen LogP contribution in [0.4, 0.5) is 0 Å².